The highest BCUT2D eigenvalue weighted by Gasteiger charge is 2.47. The number of piperazine rings is 1. The van der Waals surface area contributed by atoms with Crippen molar-refractivity contribution < 1.29 is 46.6 Å². The van der Waals surface area contributed by atoms with Crippen molar-refractivity contribution in [2.45, 2.75) is 89.5 Å². The van der Waals surface area contributed by atoms with Crippen LogP contribution in [-0.4, -0.2) is 120 Å². The topological polar surface area (TPSA) is 193 Å². The third-order valence-corrected chi connectivity index (χ3v) is 14.4. The van der Waals surface area contributed by atoms with Crippen LogP contribution in [0.4, 0.5) is 30.4 Å². The van der Waals surface area contributed by atoms with Crippen LogP contribution >= 0.6 is 0 Å². The first-order chi connectivity index (χ1) is 32.4. The van der Waals surface area contributed by atoms with E-state index in [0.717, 1.165) is 87.4 Å². The van der Waals surface area contributed by atoms with Crippen LogP contribution < -0.4 is 30.7 Å². The van der Waals surface area contributed by atoms with E-state index in [2.05, 4.69) is 30.4 Å². The van der Waals surface area contributed by atoms with Gasteiger partial charge in [0.2, 0.25) is 17.7 Å². The van der Waals surface area contributed by atoms with E-state index in [1.807, 2.05) is 18.0 Å². The third-order valence-electron chi connectivity index (χ3n) is 14.4. The minimum atomic E-state index is -4.55. The zero-order chi connectivity index (χ0) is 48.2. The molecule has 2 saturated heterocycles. The van der Waals surface area contributed by atoms with Crippen molar-refractivity contribution >= 4 is 57.6 Å². The highest BCUT2D eigenvalue weighted by Crippen LogP contribution is 2.48. The lowest BCUT2D eigenvalue weighted by Gasteiger charge is -2.43. The number of fused-ring (bicyclic) bond motifs is 2. The maximum Gasteiger partial charge on any atom is 0.416 e. The quantitative estimate of drug-likeness (QED) is 0.103. The normalized spacial score (nSPS) is 22.2. The molecule has 3 aliphatic heterocycles. The summed E-state index contributed by atoms with van der Waals surface area (Å²) in [5, 5.41) is 6.10. The Hall–Kier alpha value is -6.50. The Kier molecular flexibility index (Phi) is 12.5. The predicted molar refractivity (Wildman–Crippen MR) is 246 cm³/mol. The number of aryl methyl sites for hydroxylation is 1. The number of aromatic nitrogens is 2. The maximum atomic E-state index is 13.9. The number of benzene rings is 3. The lowest BCUT2D eigenvalue weighted by molar-refractivity contribution is -0.138. The molecule has 3 aromatic carbocycles. The van der Waals surface area contributed by atoms with Gasteiger partial charge in [-0.2, -0.15) is 13.2 Å². The highest BCUT2D eigenvalue weighted by molar-refractivity contribution is 6.23. The molecule has 0 radical (unpaired) electrons. The van der Waals surface area contributed by atoms with Gasteiger partial charge in [0.1, 0.15) is 17.7 Å². The van der Waals surface area contributed by atoms with E-state index in [1.165, 1.54) is 6.07 Å². The summed E-state index contributed by atoms with van der Waals surface area (Å²) in [6.45, 7) is 7.47. The number of imide groups is 2. The molecule has 2 atom stereocenters. The number of carbonyl (C=O) groups is 5. The summed E-state index contributed by atoms with van der Waals surface area (Å²) in [5.41, 5.74) is 7.10. The van der Waals surface area contributed by atoms with Gasteiger partial charge in [-0.1, -0.05) is 0 Å². The average molecular weight is 940 g/mol. The Bertz CT molecular complexity index is 2680. The number of nitrogens with two attached hydrogens (primary N) is 1. The van der Waals surface area contributed by atoms with Crippen LogP contribution in [0.2, 0.25) is 0 Å². The van der Waals surface area contributed by atoms with Gasteiger partial charge in [-0.15, -0.1) is 0 Å². The van der Waals surface area contributed by atoms with Crippen LogP contribution in [0.25, 0.3) is 10.9 Å². The van der Waals surface area contributed by atoms with Crippen molar-refractivity contribution in [3.63, 3.8) is 0 Å². The molecule has 0 bridgehead atoms. The summed E-state index contributed by atoms with van der Waals surface area (Å²) in [6.07, 6.45) is 0.846. The molecule has 2 saturated carbocycles. The first-order valence-electron chi connectivity index (χ1n) is 23.2. The largest absolute Gasteiger partial charge is 0.493 e. The van der Waals surface area contributed by atoms with Crippen molar-refractivity contribution in [1.29, 1.82) is 0 Å². The molecule has 5 aliphatic rings. The number of nitrogens with one attached hydrogen (secondary N) is 2. The number of methoxy groups -OCH3 is 1. The molecule has 360 valence electrons. The molecular formula is C49H56F3N9O7. The zero-order valence-corrected chi connectivity index (χ0v) is 38.6. The lowest BCUT2D eigenvalue weighted by atomic mass is 9.84. The number of piperidine rings is 1. The molecule has 1 aromatic heterocycles. The van der Waals surface area contributed by atoms with Gasteiger partial charge >= 0.3 is 6.18 Å². The number of hydrogen-bond donors (Lipinski definition) is 3. The summed E-state index contributed by atoms with van der Waals surface area (Å²) in [5.74, 6) is -0.197. The molecule has 68 heavy (non-hydrogen) atoms. The minimum Gasteiger partial charge on any atom is -0.493 e. The smallest absolute Gasteiger partial charge is 0.416 e. The van der Waals surface area contributed by atoms with Crippen molar-refractivity contribution in [2.75, 3.05) is 69.4 Å². The van der Waals surface area contributed by atoms with Crippen LogP contribution in [0, 0.1) is 18.3 Å². The number of amides is 5. The number of rotatable bonds is 13. The predicted octanol–water partition coefficient (Wildman–Crippen LogP) is 6.12. The average Bonchev–Trinajstić information content (AvgIpc) is 4.04. The Morgan fingerprint density at radius 3 is 2.34 bits per heavy atom. The van der Waals surface area contributed by atoms with E-state index in [0.29, 0.717) is 58.8 Å². The molecule has 4 N–H and O–H groups in total. The number of alkyl halides is 3. The van der Waals surface area contributed by atoms with E-state index >= 15 is 0 Å². The number of anilines is 3. The second-order valence-electron chi connectivity index (χ2n) is 19.1. The summed E-state index contributed by atoms with van der Waals surface area (Å²) in [6, 6.07) is 11.0. The van der Waals surface area contributed by atoms with E-state index in [-0.39, 0.29) is 46.9 Å². The van der Waals surface area contributed by atoms with Gasteiger partial charge in [0.15, 0.2) is 11.5 Å². The van der Waals surface area contributed by atoms with Crippen molar-refractivity contribution in [3.8, 4) is 11.5 Å². The molecule has 16 nitrogen and oxygen atoms in total. The van der Waals surface area contributed by atoms with E-state index in [9.17, 15) is 37.1 Å². The first kappa shape index (κ1) is 46.6. The first-order valence-corrected chi connectivity index (χ1v) is 23.2. The second kappa shape index (κ2) is 18.2. The molecule has 0 spiro atoms. The van der Waals surface area contributed by atoms with Crippen LogP contribution in [-0.2, 0) is 20.6 Å². The summed E-state index contributed by atoms with van der Waals surface area (Å²) in [4.78, 5) is 81.4. The van der Waals surface area contributed by atoms with Crippen molar-refractivity contribution in [3.05, 3.63) is 76.6 Å². The Morgan fingerprint density at radius 2 is 1.66 bits per heavy atom. The number of nitrogen functional groups attached to an aromatic ring is 1. The standard InChI is InChI=1S/C49H56F3N9O7/c1-27(30-19-31(49(50,51)52)21-32(53)20-30)54-43-37-23-41(40(67-4)24-38(37)55-28(2)56-43)68-26-48(13-14-48)25-58(3)45(64)29-5-7-33(8-6-29)59-15-17-60(18-16-59)34-9-10-35-36(22-34)47(66)61(46(35)65)39-11-12-42(62)57-44(39)63/h9-10,19-24,27,29,33,39H,5-8,11-18,25-26,53H2,1-4H3,(H,54,55,56)(H,57,62,63). The van der Waals surface area contributed by atoms with Gasteiger partial charge in [0.05, 0.1) is 42.0 Å². The van der Waals surface area contributed by atoms with Gasteiger partial charge in [-0.05, 0) is 107 Å². The Labute approximate surface area is 391 Å². The van der Waals surface area contributed by atoms with Crippen LogP contribution in [0.1, 0.15) is 102 Å². The molecule has 2 unspecified atom stereocenters. The fraction of sp³-hybridized carbons (Fsp3) is 0.490. The summed E-state index contributed by atoms with van der Waals surface area (Å²) >= 11 is 0. The number of nitrogens with zero attached hydrogens (tertiary/aromatic N) is 6. The molecule has 2 aliphatic carbocycles. The number of ether oxygens (including phenoxy) is 2. The van der Waals surface area contributed by atoms with E-state index in [1.54, 1.807) is 45.2 Å². The number of halogens is 3. The SMILES string of the molecule is COc1cc2nc(C)nc(NC(C)c3cc(N)cc(C(F)(F)F)c3)c2cc1OCC1(CN(C)C(=O)C2CCC(N3CCN(c4ccc5c(c4)C(=O)N(C4CCC(=O)NC4=O)C5=O)CC3)CC2)CC1. The van der Waals surface area contributed by atoms with Gasteiger partial charge < -0.3 is 30.3 Å². The minimum absolute atomic E-state index is 0.00505. The van der Waals surface area contributed by atoms with Crippen LogP contribution in [0.3, 0.4) is 0 Å². The molecule has 4 fully saturated rings. The second-order valence-corrected chi connectivity index (χ2v) is 19.1. The summed E-state index contributed by atoms with van der Waals surface area (Å²) in [7, 11) is 3.41. The molecule has 4 heterocycles. The summed E-state index contributed by atoms with van der Waals surface area (Å²) < 4.78 is 53.0. The van der Waals surface area contributed by atoms with Gasteiger partial charge in [0, 0.05) is 86.4 Å². The molecular weight excluding hydrogens is 884 g/mol. The van der Waals surface area contributed by atoms with Gasteiger partial charge in [0.25, 0.3) is 11.8 Å². The maximum absolute atomic E-state index is 13.9. The number of hydrogen-bond acceptors (Lipinski definition) is 13. The van der Waals surface area contributed by atoms with Crippen LogP contribution in [0.5, 0.6) is 11.5 Å². The van der Waals surface area contributed by atoms with Gasteiger partial charge in [-0.3, -0.25) is 39.1 Å². The molecule has 4 aromatic rings. The van der Waals surface area contributed by atoms with Crippen molar-refractivity contribution in [2.24, 2.45) is 11.3 Å². The highest BCUT2D eigenvalue weighted by atomic mass is 19.4. The van der Waals surface area contributed by atoms with E-state index < -0.39 is 47.5 Å². The molecule has 19 heteroatoms. The fourth-order valence-electron chi connectivity index (χ4n) is 10.4. The molecule has 5 amide bonds. The Balaban J connectivity index is 0.770. The van der Waals surface area contributed by atoms with Gasteiger partial charge in [-0.25, -0.2) is 9.97 Å². The zero-order valence-electron chi connectivity index (χ0n) is 38.6. The van der Waals surface area contributed by atoms with E-state index in [4.69, 9.17) is 15.2 Å². The monoisotopic (exact) mass is 939 g/mol. The Morgan fingerprint density at radius 1 is 0.941 bits per heavy atom. The fourth-order valence-corrected chi connectivity index (χ4v) is 10.4. The number of carbonyl (C=O) groups excluding carboxylic acids is 5. The molecule has 9 rings (SSSR count). The third kappa shape index (κ3) is 9.36. The van der Waals surface area contributed by atoms with Crippen LogP contribution in [0.15, 0.2) is 48.5 Å². The van der Waals surface area contributed by atoms with Crippen molar-refractivity contribution in [1.82, 2.24) is 30.0 Å². The lowest BCUT2D eigenvalue weighted by Crippen LogP contribution is -2.54.